The van der Waals surface area contributed by atoms with Gasteiger partial charge in [-0.3, -0.25) is 9.97 Å². The summed E-state index contributed by atoms with van der Waals surface area (Å²) in [6, 6.07) is 7.96. The highest BCUT2D eigenvalue weighted by atomic mass is 79.9. The summed E-state index contributed by atoms with van der Waals surface area (Å²) in [6.45, 7) is 8.05. The first-order valence-electron chi connectivity index (χ1n) is 8.81. The van der Waals surface area contributed by atoms with Crippen LogP contribution in [0, 0.1) is 22.7 Å². The number of nitriles is 2. The number of hydrogen-bond acceptors (Lipinski definition) is 6. The van der Waals surface area contributed by atoms with Gasteiger partial charge in [-0.25, -0.2) is 0 Å². The van der Waals surface area contributed by atoms with E-state index in [-0.39, 0.29) is 11.2 Å². The first-order chi connectivity index (χ1) is 13.2. The minimum Gasteiger partial charge on any atom is -0.399 e. The van der Waals surface area contributed by atoms with Crippen LogP contribution in [0.2, 0.25) is 0 Å². The Balaban J connectivity index is 0.000000237. The molecule has 8 heteroatoms. The van der Waals surface area contributed by atoms with Crippen molar-refractivity contribution in [3.8, 4) is 12.1 Å². The van der Waals surface area contributed by atoms with Crippen LogP contribution >= 0.6 is 15.9 Å². The fourth-order valence-electron chi connectivity index (χ4n) is 2.45. The van der Waals surface area contributed by atoms with Crippen molar-refractivity contribution in [1.82, 2.24) is 9.97 Å². The van der Waals surface area contributed by atoms with Crippen molar-refractivity contribution < 1.29 is 9.31 Å². The van der Waals surface area contributed by atoms with Crippen molar-refractivity contribution in [3.05, 3.63) is 52.5 Å². The second-order valence-corrected chi connectivity index (χ2v) is 8.31. The van der Waals surface area contributed by atoms with Gasteiger partial charge in [-0.05, 0) is 60.8 Å². The molecule has 28 heavy (non-hydrogen) atoms. The summed E-state index contributed by atoms with van der Waals surface area (Å²) >= 11 is 3.26. The van der Waals surface area contributed by atoms with Gasteiger partial charge in [-0.15, -0.1) is 0 Å². The van der Waals surface area contributed by atoms with E-state index in [0.29, 0.717) is 12.8 Å². The lowest BCUT2D eigenvalue weighted by Gasteiger charge is -2.32. The average Bonchev–Trinajstić information content (AvgIpc) is 2.84. The molecule has 6 nitrogen and oxygen atoms in total. The maximum absolute atomic E-state index is 8.70. The second kappa shape index (κ2) is 9.29. The van der Waals surface area contributed by atoms with Gasteiger partial charge < -0.3 is 9.31 Å². The number of rotatable bonds is 3. The molecule has 0 saturated carbocycles. The van der Waals surface area contributed by atoms with Gasteiger partial charge in [-0.1, -0.05) is 6.07 Å². The summed E-state index contributed by atoms with van der Waals surface area (Å²) in [7, 11) is -0.416. The first kappa shape index (κ1) is 22.0. The molecule has 0 spiro atoms. The quantitative estimate of drug-likeness (QED) is 0.679. The molecule has 3 heterocycles. The number of pyridine rings is 2. The van der Waals surface area contributed by atoms with Crippen molar-refractivity contribution in [3.63, 3.8) is 0 Å². The van der Waals surface area contributed by atoms with Crippen LogP contribution < -0.4 is 5.46 Å². The zero-order valence-corrected chi connectivity index (χ0v) is 18.0. The van der Waals surface area contributed by atoms with E-state index >= 15 is 0 Å². The van der Waals surface area contributed by atoms with Gasteiger partial charge in [-0.2, -0.15) is 10.5 Å². The Bertz CT molecular complexity index is 890. The molecule has 1 fully saturated rings. The highest BCUT2D eigenvalue weighted by molar-refractivity contribution is 9.10. The summed E-state index contributed by atoms with van der Waals surface area (Å²) in [4.78, 5) is 8.04. The van der Waals surface area contributed by atoms with Gasteiger partial charge in [0.25, 0.3) is 0 Å². The molecular weight excluding hydrogens is 419 g/mol. The summed E-state index contributed by atoms with van der Waals surface area (Å²) in [5, 5.41) is 17.0. The lowest BCUT2D eigenvalue weighted by Crippen LogP contribution is -2.41. The van der Waals surface area contributed by atoms with Crippen LogP contribution in [0.3, 0.4) is 0 Å². The smallest absolute Gasteiger partial charge is 0.399 e. The zero-order valence-electron chi connectivity index (χ0n) is 16.4. The number of halogens is 1. The normalized spacial score (nSPS) is 16.5. The van der Waals surface area contributed by atoms with Gasteiger partial charge in [0, 0.05) is 34.7 Å². The summed E-state index contributed by atoms with van der Waals surface area (Å²) < 4.78 is 12.8. The first-order valence-corrected chi connectivity index (χ1v) is 9.60. The van der Waals surface area contributed by atoms with E-state index in [1.165, 1.54) is 0 Å². The molecule has 3 rings (SSSR count). The minimum atomic E-state index is -0.416. The molecule has 0 N–H and O–H groups in total. The van der Waals surface area contributed by atoms with E-state index in [0.717, 1.165) is 21.1 Å². The molecule has 0 atom stereocenters. The van der Waals surface area contributed by atoms with E-state index in [9.17, 15) is 0 Å². The maximum atomic E-state index is 8.70. The van der Waals surface area contributed by atoms with Crippen LogP contribution in [0.4, 0.5) is 0 Å². The number of hydrogen-bond donors (Lipinski definition) is 0. The van der Waals surface area contributed by atoms with Crippen molar-refractivity contribution in [1.29, 1.82) is 10.5 Å². The molecule has 0 amide bonds. The molecule has 0 radical (unpaired) electrons. The lowest BCUT2D eigenvalue weighted by molar-refractivity contribution is 0.00578. The van der Waals surface area contributed by atoms with Crippen LogP contribution in [0.25, 0.3) is 0 Å². The van der Waals surface area contributed by atoms with Crippen molar-refractivity contribution in [2.75, 3.05) is 0 Å². The number of aromatic nitrogens is 2. The molecule has 1 aliphatic heterocycles. The van der Waals surface area contributed by atoms with Crippen LogP contribution in [-0.4, -0.2) is 28.3 Å². The third kappa shape index (κ3) is 5.62. The predicted molar refractivity (Wildman–Crippen MR) is 111 cm³/mol. The Morgan fingerprint density at radius 2 is 1.39 bits per heavy atom. The monoisotopic (exact) mass is 440 g/mol. The molecular formula is C20H22BBrN4O2. The SMILES string of the molecule is CC1(C)OB(c2cncc(CC#N)c2)OC1(C)C.N#CCc1cncc(Br)c1. The average molecular weight is 441 g/mol. The highest BCUT2D eigenvalue weighted by Gasteiger charge is 2.51. The standard InChI is InChI=1S/C13H17BN2O2.C7H5BrN2/c1-12(2)13(3,4)18-14(17-12)11-7-10(5-6-15)8-16-9-11;8-7-3-6(1-2-9)4-10-5-7/h7-9H,5H2,1-4H3;3-5H,1H2. The van der Waals surface area contributed by atoms with Crippen molar-refractivity contribution in [2.24, 2.45) is 0 Å². The van der Waals surface area contributed by atoms with Crippen molar-refractivity contribution in [2.45, 2.75) is 51.7 Å². The molecule has 0 bridgehead atoms. The summed E-state index contributed by atoms with van der Waals surface area (Å²) in [5.74, 6) is 0. The second-order valence-electron chi connectivity index (χ2n) is 7.40. The van der Waals surface area contributed by atoms with Crippen molar-refractivity contribution >= 4 is 28.5 Å². The molecule has 1 aliphatic rings. The number of nitrogens with zero attached hydrogens (tertiary/aromatic N) is 4. The molecule has 0 aromatic carbocycles. The lowest BCUT2D eigenvalue weighted by atomic mass is 9.79. The molecule has 2 aromatic heterocycles. The van der Waals surface area contributed by atoms with E-state index in [1.807, 2.05) is 39.8 Å². The predicted octanol–water partition coefficient (Wildman–Crippen LogP) is 3.36. The largest absolute Gasteiger partial charge is 0.496 e. The molecule has 144 valence electrons. The van der Waals surface area contributed by atoms with Crippen LogP contribution in [0.5, 0.6) is 0 Å². The Labute approximate surface area is 174 Å². The van der Waals surface area contributed by atoms with Gasteiger partial charge in [0.15, 0.2) is 0 Å². The van der Waals surface area contributed by atoms with E-state index in [1.54, 1.807) is 24.8 Å². The Hall–Kier alpha value is -2.26. The zero-order chi connectivity index (χ0) is 20.8. The summed E-state index contributed by atoms with van der Waals surface area (Å²) in [6.07, 6.45) is 7.57. The topological polar surface area (TPSA) is 91.8 Å². The fourth-order valence-corrected chi connectivity index (χ4v) is 2.86. The fraction of sp³-hybridized carbons (Fsp3) is 0.400. The third-order valence-corrected chi connectivity index (χ3v) is 5.10. The molecule has 0 unspecified atom stereocenters. The van der Waals surface area contributed by atoms with Crippen LogP contribution in [0.1, 0.15) is 38.8 Å². The highest BCUT2D eigenvalue weighted by Crippen LogP contribution is 2.36. The Morgan fingerprint density at radius 1 is 0.893 bits per heavy atom. The minimum absolute atomic E-state index is 0.348. The van der Waals surface area contributed by atoms with Gasteiger partial charge in [0.1, 0.15) is 0 Å². The van der Waals surface area contributed by atoms with Gasteiger partial charge >= 0.3 is 7.12 Å². The van der Waals surface area contributed by atoms with E-state index in [4.69, 9.17) is 19.8 Å². The van der Waals surface area contributed by atoms with E-state index < -0.39 is 7.12 Å². The molecule has 1 saturated heterocycles. The Kier molecular flexibility index (Phi) is 7.32. The molecule has 2 aromatic rings. The third-order valence-electron chi connectivity index (χ3n) is 4.67. The Morgan fingerprint density at radius 3 is 1.89 bits per heavy atom. The maximum Gasteiger partial charge on any atom is 0.496 e. The molecule has 0 aliphatic carbocycles. The van der Waals surface area contributed by atoms with Gasteiger partial charge in [0.05, 0.1) is 36.2 Å². The van der Waals surface area contributed by atoms with E-state index in [2.05, 4.69) is 38.0 Å². The van der Waals surface area contributed by atoms with Crippen LogP contribution in [-0.2, 0) is 22.2 Å². The van der Waals surface area contributed by atoms with Crippen LogP contribution in [0.15, 0.2) is 41.4 Å². The van der Waals surface area contributed by atoms with Gasteiger partial charge in [0.2, 0.25) is 0 Å². The summed E-state index contributed by atoms with van der Waals surface area (Å²) in [5.41, 5.74) is 1.97.